The molecule has 0 unspecified atom stereocenters. The van der Waals surface area contributed by atoms with Crippen molar-refractivity contribution >= 4 is 28.5 Å². The minimum atomic E-state index is -0.572. The number of nitrogens with one attached hydrogen (secondary N) is 1. The lowest BCUT2D eigenvalue weighted by atomic mass is 9.95. The quantitative estimate of drug-likeness (QED) is 0.882. The summed E-state index contributed by atoms with van der Waals surface area (Å²) >= 11 is 0. The number of carbonyl (C=O) groups is 2. The van der Waals surface area contributed by atoms with Crippen LogP contribution < -0.4 is 5.32 Å². The molecule has 1 aromatic heterocycles. The fourth-order valence-corrected chi connectivity index (χ4v) is 1.88. The maximum absolute atomic E-state index is 12.2. The van der Waals surface area contributed by atoms with Gasteiger partial charge in [0.2, 0.25) is 5.91 Å². The topological polar surface area (TPSA) is 68.3 Å². The third-order valence-electron chi connectivity index (χ3n) is 3.12. The van der Waals surface area contributed by atoms with Gasteiger partial charge >= 0.3 is 5.97 Å². The van der Waals surface area contributed by atoms with Crippen LogP contribution in [-0.4, -0.2) is 23.5 Å². The molecule has 0 radical (unpaired) electrons. The van der Waals surface area contributed by atoms with E-state index in [1.165, 1.54) is 0 Å². The summed E-state index contributed by atoms with van der Waals surface area (Å²) < 4.78 is 5.03. The number of rotatable bonds is 3. The van der Waals surface area contributed by atoms with Gasteiger partial charge in [-0.15, -0.1) is 0 Å². The van der Waals surface area contributed by atoms with Crippen LogP contribution in [0.1, 0.15) is 38.2 Å². The first-order chi connectivity index (χ1) is 10.3. The second-order valence-electron chi connectivity index (χ2n) is 6.00. The maximum atomic E-state index is 12.2. The van der Waals surface area contributed by atoms with Crippen molar-refractivity contribution in [2.75, 3.05) is 11.9 Å². The number of hydrogen-bond acceptors (Lipinski definition) is 4. The lowest BCUT2D eigenvalue weighted by Crippen LogP contribution is -2.28. The number of pyridine rings is 1. The molecule has 0 saturated heterocycles. The molecule has 22 heavy (non-hydrogen) atoms. The number of aromatic nitrogens is 1. The van der Waals surface area contributed by atoms with Crippen molar-refractivity contribution in [3.05, 3.63) is 36.0 Å². The molecule has 0 spiro atoms. The predicted molar refractivity (Wildman–Crippen MR) is 85.8 cm³/mol. The fraction of sp³-hybridized carbons (Fsp3) is 0.353. The van der Waals surface area contributed by atoms with Crippen LogP contribution in [0.5, 0.6) is 0 Å². The van der Waals surface area contributed by atoms with Gasteiger partial charge < -0.3 is 10.1 Å². The van der Waals surface area contributed by atoms with Gasteiger partial charge in [0.1, 0.15) is 0 Å². The van der Waals surface area contributed by atoms with E-state index in [9.17, 15) is 9.59 Å². The van der Waals surface area contributed by atoms with Crippen LogP contribution in [0.15, 0.2) is 30.3 Å². The molecule has 0 saturated carbocycles. The normalized spacial score (nSPS) is 11.3. The highest BCUT2D eigenvalue weighted by Gasteiger charge is 2.24. The fourth-order valence-electron chi connectivity index (χ4n) is 1.88. The molecule has 2 aromatic rings. The molecular weight excluding hydrogens is 280 g/mol. The van der Waals surface area contributed by atoms with E-state index in [-0.39, 0.29) is 18.2 Å². The Morgan fingerprint density at radius 1 is 1.23 bits per heavy atom. The SMILES string of the molecule is CCOC(=O)c1nc2ccccc2cc1NC(=O)C(C)(C)C. The molecule has 2 rings (SSSR count). The molecule has 116 valence electrons. The molecule has 0 atom stereocenters. The van der Waals surface area contributed by atoms with Gasteiger partial charge in [0.15, 0.2) is 5.69 Å². The molecule has 1 aromatic carbocycles. The van der Waals surface area contributed by atoms with E-state index in [0.29, 0.717) is 11.2 Å². The van der Waals surface area contributed by atoms with E-state index in [1.807, 2.05) is 24.3 Å². The molecule has 1 heterocycles. The van der Waals surface area contributed by atoms with Crippen molar-refractivity contribution in [3.63, 3.8) is 0 Å². The summed E-state index contributed by atoms with van der Waals surface area (Å²) in [5.41, 5.74) is 0.604. The Labute approximate surface area is 129 Å². The summed E-state index contributed by atoms with van der Waals surface area (Å²) in [4.78, 5) is 28.7. The number of benzene rings is 1. The summed E-state index contributed by atoms with van der Waals surface area (Å²) in [6.07, 6.45) is 0. The van der Waals surface area contributed by atoms with Crippen LogP contribution in [0.25, 0.3) is 10.9 Å². The van der Waals surface area contributed by atoms with Gasteiger partial charge in [0, 0.05) is 10.8 Å². The van der Waals surface area contributed by atoms with E-state index >= 15 is 0 Å². The van der Waals surface area contributed by atoms with Crippen LogP contribution >= 0.6 is 0 Å². The third-order valence-corrected chi connectivity index (χ3v) is 3.12. The van der Waals surface area contributed by atoms with E-state index in [2.05, 4.69) is 10.3 Å². The first kappa shape index (κ1) is 15.9. The second-order valence-corrected chi connectivity index (χ2v) is 6.00. The van der Waals surface area contributed by atoms with Gasteiger partial charge in [-0.1, -0.05) is 39.0 Å². The number of nitrogens with zero attached hydrogens (tertiary/aromatic N) is 1. The van der Waals surface area contributed by atoms with E-state index in [4.69, 9.17) is 4.74 Å². The number of carbonyl (C=O) groups excluding carboxylic acids is 2. The summed E-state index contributed by atoms with van der Waals surface area (Å²) in [7, 11) is 0. The zero-order valence-corrected chi connectivity index (χ0v) is 13.3. The van der Waals surface area contributed by atoms with Gasteiger partial charge in [-0.25, -0.2) is 9.78 Å². The van der Waals surface area contributed by atoms with E-state index < -0.39 is 11.4 Å². The van der Waals surface area contributed by atoms with Crippen molar-refractivity contribution in [1.29, 1.82) is 0 Å². The molecule has 5 nitrogen and oxygen atoms in total. The van der Waals surface area contributed by atoms with Crippen molar-refractivity contribution in [1.82, 2.24) is 4.98 Å². The van der Waals surface area contributed by atoms with Crippen LogP contribution in [0, 0.1) is 5.41 Å². The molecule has 0 aliphatic carbocycles. The summed E-state index contributed by atoms with van der Waals surface area (Å²) in [5, 5.41) is 3.63. The lowest BCUT2D eigenvalue weighted by molar-refractivity contribution is -0.123. The molecule has 1 amide bonds. The Kier molecular flexibility index (Phi) is 4.45. The van der Waals surface area contributed by atoms with E-state index in [0.717, 1.165) is 5.39 Å². The molecule has 0 fully saturated rings. The largest absolute Gasteiger partial charge is 0.461 e. The molecule has 5 heteroatoms. The minimum Gasteiger partial charge on any atom is -0.461 e. The summed E-state index contributed by atoms with van der Waals surface area (Å²) in [6, 6.07) is 9.16. The summed E-state index contributed by atoms with van der Waals surface area (Å²) in [5.74, 6) is -0.729. The van der Waals surface area contributed by atoms with Crippen LogP contribution in [-0.2, 0) is 9.53 Å². The lowest BCUT2D eigenvalue weighted by Gasteiger charge is -2.19. The number of para-hydroxylation sites is 1. The molecule has 0 aliphatic heterocycles. The van der Waals surface area contributed by atoms with Crippen LogP contribution in [0.3, 0.4) is 0 Å². The van der Waals surface area contributed by atoms with Crippen LogP contribution in [0.4, 0.5) is 5.69 Å². The smallest absolute Gasteiger partial charge is 0.359 e. The standard InChI is InChI=1S/C17H20N2O3/c1-5-22-15(20)14-13(19-16(21)17(2,3)4)10-11-8-6-7-9-12(11)18-14/h6-10H,5H2,1-4H3,(H,19,21). The average Bonchev–Trinajstić information content (AvgIpc) is 2.45. The van der Waals surface area contributed by atoms with Gasteiger partial charge in [-0.3, -0.25) is 4.79 Å². The minimum absolute atomic E-state index is 0.123. The Morgan fingerprint density at radius 2 is 1.91 bits per heavy atom. The average molecular weight is 300 g/mol. The van der Waals surface area contributed by atoms with Gasteiger partial charge in [-0.05, 0) is 19.1 Å². The van der Waals surface area contributed by atoms with Crippen molar-refractivity contribution < 1.29 is 14.3 Å². The van der Waals surface area contributed by atoms with Crippen molar-refractivity contribution in [2.45, 2.75) is 27.7 Å². The van der Waals surface area contributed by atoms with Gasteiger partial charge in [-0.2, -0.15) is 0 Å². The predicted octanol–water partition coefficient (Wildman–Crippen LogP) is 3.40. The van der Waals surface area contributed by atoms with Crippen molar-refractivity contribution in [2.24, 2.45) is 5.41 Å². The second kappa shape index (κ2) is 6.13. The Balaban J connectivity index is 2.51. The molecule has 0 bridgehead atoms. The summed E-state index contributed by atoms with van der Waals surface area (Å²) in [6.45, 7) is 7.40. The number of ether oxygens (including phenoxy) is 1. The number of hydrogen-bond donors (Lipinski definition) is 1. The number of anilines is 1. The maximum Gasteiger partial charge on any atom is 0.359 e. The third kappa shape index (κ3) is 3.42. The van der Waals surface area contributed by atoms with Gasteiger partial charge in [0.25, 0.3) is 0 Å². The Bertz CT molecular complexity index is 717. The van der Waals surface area contributed by atoms with Gasteiger partial charge in [0.05, 0.1) is 17.8 Å². The Hall–Kier alpha value is -2.43. The molecule has 0 aliphatic rings. The first-order valence-corrected chi connectivity index (χ1v) is 7.21. The zero-order chi connectivity index (χ0) is 16.3. The number of esters is 1. The number of fused-ring (bicyclic) bond motifs is 1. The highest BCUT2D eigenvalue weighted by atomic mass is 16.5. The van der Waals surface area contributed by atoms with E-state index in [1.54, 1.807) is 33.8 Å². The Morgan fingerprint density at radius 3 is 2.55 bits per heavy atom. The number of amides is 1. The highest BCUT2D eigenvalue weighted by Crippen LogP contribution is 2.24. The zero-order valence-electron chi connectivity index (χ0n) is 13.3. The molecular formula is C17H20N2O3. The van der Waals surface area contributed by atoms with Crippen LogP contribution in [0.2, 0.25) is 0 Å². The highest BCUT2D eigenvalue weighted by molar-refractivity contribution is 6.04. The molecule has 1 N–H and O–H groups in total. The first-order valence-electron chi connectivity index (χ1n) is 7.21. The van der Waals surface area contributed by atoms with Crippen molar-refractivity contribution in [3.8, 4) is 0 Å². The monoisotopic (exact) mass is 300 g/mol.